The van der Waals surface area contributed by atoms with Crippen molar-refractivity contribution >= 4 is 17.6 Å². The molecule has 0 saturated heterocycles. The Labute approximate surface area is 156 Å². The van der Waals surface area contributed by atoms with E-state index >= 15 is 0 Å². The van der Waals surface area contributed by atoms with Gasteiger partial charge >= 0.3 is 5.97 Å². The molecule has 0 amide bonds. The van der Waals surface area contributed by atoms with Crippen LogP contribution in [0.15, 0.2) is 34.9 Å². The van der Waals surface area contributed by atoms with Crippen molar-refractivity contribution in [2.75, 3.05) is 7.11 Å². The second-order valence-electron chi connectivity index (χ2n) is 5.94. The third-order valence-corrected chi connectivity index (χ3v) is 4.30. The first-order valence-corrected chi connectivity index (χ1v) is 8.40. The highest BCUT2D eigenvalue weighted by molar-refractivity contribution is 6.30. The number of aryl methyl sites for hydroxylation is 2. The van der Waals surface area contributed by atoms with Crippen LogP contribution in [0.25, 0.3) is 5.69 Å². The second kappa shape index (κ2) is 7.25. The predicted molar refractivity (Wildman–Crippen MR) is 97.2 cm³/mol. The Balaban J connectivity index is 1.90. The molecule has 3 rings (SSSR count). The summed E-state index contributed by atoms with van der Waals surface area (Å²) in [5.74, 6) is 0.905. The zero-order chi connectivity index (χ0) is 18.8. The number of hydrogen-bond donors (Lipinski definition) is 0. The van der Waals surface area contributed by atoms with Gasteiger partial charge in [-0.25, -0.2) is 4.79 Å². The van der Waals surface area contributed by atoms with Gasteiger partial charge in [-0.05, 0) is 45.0 Å². The van der Waals surface area contributed by atoms with Gasteiger partial charge in [-0.1, -0.05) is 16.8 Å². The van der Waals surface area contributed by atoms with Gasteiger partial charge in [0.2, 0.25) is 0 Å². The van der Waals surface area contributed by atoms with E-state index in [0.29, 0.717) is 27.8 Å². The van der Waals surface area contributed by atoms with E-state index < -0.39 is 5.97 Å². The number of halogens is 1. The third kappa shape index (κ3) is 3.46. The number of ether oxygens (including phenoxy) is 2. The summed E-state index contributed by atoms with van der Waals surface area (Å²) < 4.78 is 17.7. The Hall–Kier alpha value is -2.73. The number of nitrogens with zero attached hydrogens (tertiary/aromatic N) is 2. The maximum absolute atomic E-state index is 12.5. The third-order valence-electron chi connectivity index (χ3n) is 4.06. The summed E-state index contributed by atoms with van der Waals surface area (Å²) in [5, 5.41) is 4.40. The summed E-state index contributed by atoms with van der Waals surface area (Å²) in [6.07, 6.45) is 0. The Morgan fingerprint density at radius 2 is 2.00 bits per heavy atom. The van der Waals surface area contributed by atoms with Crippen molar-refractivity contribution < 1.29 is 18.8 Å². The summed E-state index contributed by atoms with van der Waals surface area (Å²) in [7, 11) is 1.59. The molecule has 1 aromatic carbocycles. The molecule has 2 aromatic heterocycles. The highest BCUT2D eigenvalue weighted by atomic mass is 35.5. The molecule has 0 radical (unpaired) electrons. The molecular weight excluding hydrogens is 356 g/mol. The molecule has 0 N–H and O–H groups in total. The highest BCUT2D eigenvalue weighted by Gasteiger charge is 2.20. The van der Waals surface area contributed by atoms with Crippen LogP contribution in [0.5, 0.6) is 5.75 Å². The number of aromatic nitrogens is 2. The Morgan fingerprint density at radius 3 is 2.65 bits per heavy atom. The van der Waals surface area contributed by atoms with E-state index in [1.54, 1.807) is 44.4 Å². The SMILES string of the molecule is COc1ccc(Cl)cc1-n1c(C)cc(C(=O)OCc2cc(C)on2)c1C. The zero-order valence-electron chi connectivity index (χ0n) is 15.0. The molecule has 0 fully saturated rings. The maximum Gasteiger partial charge on any atom is 0.340 e. The molecule has 0 bridgehead atoms. The van der Waals surface area contributed by atoms with Crippen molar-refractivity contribution in [3.05, 3.63) is 63.8 Å². The lowest BCUT2D eigenvalue weighted by molar-refractivity contribution is 0.0463. The molecule has 0 unspecified atom stereocenters. The van der Waals surface area contributed by atoms with Crippen LogP contribution in [0, 0.1) is 20.8 Å². The van der Waals surface area contributed by atoms with Gasteiger partial charge < -0.3 is 18.6 Å². The first-order chi connectivity index (χ1) is 12.4. The van der Waals surface area contributed by atoms with E-state index in [-0.39, 0.29) is 6.61 Å². The minimum absolute atomic E-state index is 0.0559. The van der Waals surface area contributed by atoms with Crippen molar-refractivity contribution in [2.45, 2.75) is 27.4 Å². The highest BCUT2D eigenvalue weighted by Crippen LogP contribution is 2.30. The van der Waals surface area contributed by atoms with Gasteiger partial charge in [0.15, 0.2) is 0 Å². The number of hydrogen-bond acceptors (Lipinski definition) is 5. The summed E-state index contributed by atoms with van der Waals surface area (Å²) in [6.45, 7) is 5.60. The minimum Gasteiger partial charge on any atom is -0.495 e. The fourth-order valence-electron chi connectivity index (χ4n) is 2.88. The summed E-state index contributed by atoms with van der Waals surface area (Å²) in [5.41, 5.74) is 3.42. The van der Waals surface area contributed by atoms with E-state index in [4.69, 9.17) is 25.6 Å². The molecule has 136 valence electrons. The molecule has 0 aliphatic heterocycles. The van der Waals surface area contributed by atoms with Gasteiger partial charge in [0.25, 0.3) is 0 Å². The van der Waals surface area contributed by atoms with Crippen LogP contribution in [-0.2, 0) is 11.3 Å². The van der Waals surface area contributed by atoms with Crippen molar-refractivity contribution in [1.82, 2.24) is 9.72 Å². The lowest BCUT2D eigenvalue weighted by Crippen LogP contribution is -2.08. The molecule has 0 spiro atoms. The minimum atomic E-state index is -0.425. The summed E-state index contributed by atoms with van der Waals surface area (Å²) >= 11 is 6.14. The average molecular weight is 375 g/mol. The Morgan fingerprint density at radius 1 is 1.23 bits per heavy atom. The van der Waals surface area contributed by atoms with Crippen LogP contribution in [0.1, 0.15) is 33.2 Å². The quantitative estimate of drug-likeness (QED) is 0.619. The molecule has 3 aromatic rings. The molecular formula is C19H19ClN2O4. The zero-order valence-corrected chi connectivity index (χ0v) is 15.8. The Kier molecular flexibility index (Phi) is 5.04. The van der Waals surface area contributed by atoms with Crippen molar-refractivity contribution in [3.63, 3.8) is 0 Å². The van der Waals surface area contributed by atoms with Gasteiger partial charge in [0, 0.05) is 22.5 Å². The number of esters is 1. The number of carbonyl (C=O) groups excluding carboxylic acids is 1. The fraction of sp³-hybridized carbons (Fsp3) is 0.263. The van der Waals surface area contributed by atoms with Gasteiger partial charge in [0.1, 0.15) is 23.8 Å². The predicted octanol–water partition coefficient (Wildman–Crippen LogP) is 4.41. The van der Waals surface area contributed by atoms with E-state index in [1.807, 2.05) is 18.4 Å². The molecule has 2 heterocycles. The van der Waals surface area contributed by atoms with Gasteiger partial charge in [-0.15, -0.1) is 0 Å². The average Bonchev–Trinajstić information content (AvgIpc) is 3.15. The molecule has 7 heteroatoms. The van der Waals surface area contributed by atoms with Crippen LogP contribution in [0.3, 0.4) is 0 Å². The smallest absolute Gasteiger partial charge is 0.340 e. The fourth-order valence-corrected chi connectivity index (χ4v) is 3.05. The first-order valence-electron chi connectivity index (χ1n) is 8.03. The van der Waals surface area contributed by atoms with Crippen molar-refractivity contribution in [2.24, 2.45) is 0 Å². The molecule has 0 saturated carbocycles. The standard InChI is InChI=1S/C19H19ClN2O4/c1-11-7-16(19(23)25-10-15-8-12(2)26-21-15)13(3)22(11)17-9-14(20)5-6-18(17)24-4/h5-9H,10H2,1-4H3. The maximum atomic E-state index is 12.5. The molecule has 0 aliphatic carbocycles. The summed E-state index contributed by atoms with van der Waals surface area (Å²) in [6, 6.07) is 8.86. The second-order valence-corrected chi connectivity index (χ2v) is 6.38. The molecule has 6 nitrogen and oxygen atoms in total. The molecule has 26 heavy (non-hydrogen) atoms. The van der Waals surface area contributed by atoms with Gasteiger partial charge in [0.05, 0.1) is 18.4 Å². The van der Waals surface area contributed by atoms with Gasteiger partial charge in [-0.2, -0.15) is 0 Å². The lowest BCUT2D eigenvalue weighted by atomic mass is 10.2. The number of carbonyl (C=O) groups is 1. The summed E-state index contributed by atoms with van der Waals surface area (Å²) in [4.78, 5) is 12.5. The van der Waals surface area contributed by atoms with E-state index in [2.05, 4.69) is 5.16 Å². The van der Waals surface area contributed by atoms with Crippen LogP contribution in [0.2, 0.25) is 5.02 Å². The van der Waals surface area contributed by atoms with Crippen LogP contribution >= 0.6 is 11.6 Å². The van der Waals surface area contributed by atoms with E-state index in [9.17, 15) is 4.79 Å². The normalized spacial score (nSPS) is 10.8. The van der Waals surface area contributed by atoms with Gasteiger partial charge in [-0.3, -0.25) is 0 Å². The number of methoxy groups -OCH3 is 1. The van der Waals surface area contributed by atoms with E-state index in [0.717, 1.165) is 17.1 Å². The molecule has 0 aliphatic rings. The monoisotopic (exact) mass is 374 g/mol. The molecule has 0 atom stereocenters. The van der Waals surface area contributed by atoms with Crippen LogP contribution < -0.4 is 4.74 Å². The number of rotatable bonds is 5. The first kappa shape index (κ1) is 18.1. The van der Waals surface area contributed by atoms with Crippen molar-refractivity contribution in [3.8, 4) is 11.4 Å². The van der Waals surface area contributed by atoms with E-state index in [1.165, 1.54) is 0 Å². The Bertz CT molecular complexity index is 959. The largest absolute Gasteiger partial charge is 0.495 e. The lowest BCUT2D eigenvalue weighted by Gasteiger charge is -2.14. The van der Waals surface area contributed by atoms with Crippen LogP contribution in [0.4, 0.5) is 0 Å². The number of benzene rings is 1. The van der Waals surface area contributed by atoms with Crippen molar-refractivity contribution in [1.29, 1.82) is 0 Å². The van der Waals surface area contributed by atoms with Crippen LogP contribution in [-0.4, -0.2) is 22.8 Å². The topological polar surface area (TPSA) is 66.5 Å².